The molecule has 1 N–H and O–H groups in total. The third-order valence-electron chi connectivity index (χ3n) is 3.39. The fourth-order valence-electron chi connectivity index (χ4n) is 2.35. The van der Waals surface area contributed by atoms with Crippen LogP contribution in [0.25, 0.3) is 0 Å². The van der Waals surface area contributed by atoms with Crippen molar-refractivity contribution in [2.75, 3.05) is 18.4 Å². The molecule has 1 fully saturated rings. The van der Waals surface area contributed by atoms with Crippen LogP contribution in [0.3, 0.4) is 0 Å². The molecule has 0 aliphatic carbocycles. The summed E-state index contributed by atoms with van der Waals surface area (Å²) in [5.74, 6) is -0.203. The van der Waals surface area contributed by atoms with Crippen molar-refractivity contribution in [1.29, 1.82) is 0 Å². The quantitative estimate of drug-likeness (QED) is 0.894. The van der Waals surface area contributed by atoms with Gasteiger partial charge in [0, 0.05) is 18.3 Å². The largest absolute Gasteiger partial charge is 0.376 e. The maximum atomic E-state index is 13.0. The van der Waals surface area contributed by atoms with Crippen LogP contribution in [-0.2, 0) is 4.79 Å². The number of carbonyl (C=O) groups is 1. The topological polar surface area (TPSA) is 32.3 Å². The summed E-state index contributed by atoms with van der Waals surface area (Å²) in [6.07, 6.45) is 3.35. The van der Waals surface area contributed by atoms with Crippen LogP contribution in [0, 0.1) is 5.82 Å². The van der Waals surface area contributed by atoms with E-state index in [0.717, 1.165) is 19.4 Å². The van der Waals surface area contributed by atoms with Gasteiger partial charge < -0.3 is 10.2 Å². The predicted octanol–water partition coefficient (Wildman–Crippen LogP) is 2.64. The van der Waals surface area contributed by atoms with Crippen LogP contribution in [0.15, 0.2) is 24.3 Å². The van der Waals surface area contributed by atoms with Gasteiger partial charge in [-0.05, 0) is 44.4 Å². The molecule has 1 aliphatic heterocycles. The number of piperidine rings is 1. The van der Waals surface area contributed by atoms with Crippen LogP contribution in [0.1, 0.15) is 26.2 Å². The average molecular weight is 250 g/mol. The molecule has 1 aromatic rings. The molecule has 1 aromatic carbocycles. The Labute approximate surface area is 107 Å². The molecule has 1 atom stereocenters. The summed E-state index contributed by atoms with van der Waals surface area (Å²) in [6.45, 7) is 3.15. The van der Waals surface area contributed by atoms with E-state index < -0.39 is 0 Å². The number of carbonyl (C=O) groups excluding carboxylic acids is 1. The normalized spacial score (nSPS) is 19.7. The molecule has 1 unspecified atom stereocenters. The molecular weight excluding hydrogens is 231 g/mol. The molecule has 1 amide bonds. The third-order valence-corrected chi connectivity index (χ3v) is 3.39. The Balaban J connectivity index is 1.88. The fraction of sp³-hybridized carbons (Fsp3) is 0.500. The Kier molecular flexibility index (Phi) is 4.18. The van der Waals surface area contributed by atoms with Gasteiger partial charge >= 0.3 is 0 Å². The maximum absolute atomic E-state index is 13.0. The number of hydrogen-bond donors (Lipinski definition) is 1. The second-order valence-corrected chi connectivity index (χ2v) is 4.80. The number of amides is 1. The van der Waals surface area contributed by atoms with Gasteiger partial charge in [0.1, 0.15) is 5.82 Å². The van der Waals surface area contributed by atoms with Gasteiger partial charge in [-0.25, -0.2) is 4.39 Å². The van der Waals surface area contributed by atoms with Gasteiger partial charge in [-0.2, -0.15) is 0 Å². The summed E-state index contributed by atoms with van der Waals surface area (Å²) in [7, 11) is 0. The average Bonchev–Trinajstić information content (AvgIpc) is 2.37. The van der Waals surface area contributed by atoms with E-state index in [1.807, 2.05) is 4.90 Å². The van der Waals surface area contributed by atoms with Gasteiger partial charge in [0.25, 0.3) is 0 Å². The highest BCUT2D eigenvalue weighted by atomic mass is 19.1. The SMILES string of the molecule is CC1CCCCN1C(=O)CNc1cccc(F)c1. The van der Waals surface area contributed by atoms with E-state index in [1.54, 1.807) is 12.1 Å². The third kappa shape index (κ3) is 3.22. The van der Waals surface area contributed by atoms with Gasteiger partial charge in [0.15, 0.2) is 0 Å². The van der Waals surface area contributed by atoms with Crippen molar-refractivity contribution in [2.24, 2.45) is 0 Å². The second-order valence-electron chi connectivity index (χ2n) is 4.80. The second kappa shape index (κ2) is 5.85. The van der Waals surface area contributed by atoms with Crippen molar-refractivity contribution in [3.8, 4) is 0 Å². The minimum absolute atomic E-state index is 0.0893. The summed E-state index contributed by atoms with van der Waals surface area (Å²) in [4.78, 5) is 13.9. The molecule has 0 bridgehead atoms. The molecular formula is C14H19FN2O. The van der Waals surface area contributed by atoms with Gasteiger partial charge in [-0.15, -0.1) is 0 Å². The Hall–Kier alpha value is -1.58. The molecule has 1 aliphatic rings. The zero-order valence-corrected chi connectivity index (χ0v) is 10.7. The standard InChI is InChI=1S/C14H19FN2O/c1-11-5-2-3-8-17(11)14(18)10-16-13-7-4-6-12(15)9-13/h4,6-7,9,11,16H,2-3,5,8,10H2,1H3. The van der Waals surface area contributed by atoms with Crippen LogP contribution in [0.4, 0.5) is 10.1 Å². The lowest BCUT2D eigenvalue weighted by Gasteiger charge is -2.33. The number of halogens is 1. The highest BCUT2D eigenvalue weighted by molar-refractivity contribution is 5.81. The zero-order chi connectivity index (χ0) is 13.0. The molecule has 0 aromatic heterocycles. The molecule has 0 saturated carbocycles. The van der Waals surface area contributed by atoms with Crippen molar-refractivity contribution < 1.29 is 9.18 Å². The monoisotopic (exact) mass is 250 g/mol. The summed E-state index contributed by atoms with van der Waals surface area (Å²) >= 11 is 0. The van der Waals surface area contributed by atoms with Gasteiger partial charge in [-0.3, -0.25) is 4.79 Å². The molecule has 2 rings (SSSR count). The molecule has 98 valence electrons. The summed E-state index contributed by atoms with van der Waals surface area (Å²) < 4.78 is 13.0. The number of rotatable bonds is 3. The predicted molar refractivity (Wildman–Crippen MR) is 69.9 cm³/mol. The summed E-state index contributed by atoms with van der Waals surface area (Å²) in [5.41, 5.74) is 0.646. The Bertz CT molecular complexity index is 422. The highest BCUT2D eigenvalue weighted by Gasteiger charge is 2.22. The van der Waals surface area contributed by atoms with Gasteiger partial charge in [0.2, 0.25) is 5.91 Å². The van der Waals surface area contributed by atoms with E-state index in [2.05, 4.69) is 12.2 Å². The number of hydrogen-bond acceptors (Lipinski definition) is 2. The van der Waals surface area contributed by atoms with Crippen LogP contribution < -0.4 is 5.32 Å². The van der Waals surface area contributed by atoms with Crippen LogP contribution >= 0.6 is 0 Å². The number of nitrogens with zero attached hydrogens (tertiary/aromatic N) is 1. The van der Waals surface area contributed by atoms with Crippen molar-refractivity contribution in [3.63, 3.8) is 0 Å². The van der Waals surface area contributed by atoms with Crippen LogP contribution in [0.2, 0.25) is 0 Å². The first kappa shape index (κ1) is 12.9. The maximum Gasteiger partial charge on any atom is 0.242 e. The van der Waals surface area contributed by atoms with Gasteiger partial charge in [0.05, 0.1) is 6.54 Å². The lowest BCUT2D eigenvalue weighted by atomic mass is 10.0. The van der Waals surface area contributed by atoms with Gasteiger partial charge in [-0.1, -0.05) is 6.07 Å². The first-order chi connectivity index (χ1) is 8.66. The molecule has 1 heterocycles. The Morgan fingerprint density at radius 2 is 2.33 bits per heavy atom. The van der Waals surface area contributed by atoms with Crippen molar-refractivity contribution in [3.05, 3.63) is 30.1 Å². The minimum atomic E-state index is -0.293. The molecule has 0 spiro atoms. The molecule has 18 heavy (non-hydrogen) atoms. The van der Waals surface area contributed by atoms with Crippen LogP contribution in [-0.4, -0.2) is 29.9 Å². The Morgan fingerprint density at radius 3 is 3.06 bits per heavy atom. The molecule has 3 nitrogen and oxygen atoms in total. The summed E-state index contributed by atoms with van der Waals surface area (Å²) in [6, 6.07) is 6.49. The number of anilines is 1. The van der Waals surface area contributed by atoms with Crippen molar-refractivity contribution in [2.45, 2.75) is 32.2 Å². The molecule has 0 radical (unpaired) electrons. The first-order valence-electron chi connectivity index (χ1n) is 6.46. The van der Waals surface area contributed by atoms with Crippen molar-refractivity contribution in [1.82, 2.24) is 4.90 Å². The van der Waals surface area contributed by atoms with E-state index in [4.69, 9.17) is 0 Å². The van der Waals surface area contributed by atoms with Crippen LogP contribution in [0.5, 0.6) is 0 Å². The smallest absolute Gasteiger partial charge is 0.242 e. The van der Waals surface area contributed by atoms with E-state index in [-0.39, 0.29) is 18.3 Å². The number of nitrogens with one attached hydrogen (secondary N) is 1. The lowest BCUT2D eigenvalue weighted by molar-refractivity contribution is -0.132. The van der Waals surface area contributed by atoms with Crippen molar-refractivity contribution >= 4 is 11.6 Å². The fourth-order valence-corrected chi connectivity index (χ4v) is 2.35. The van der Waals surface area contributed by atoms with E-state index in [0.29, 0.717) is 11.7 Å². The van der Waals surface area contributed by atoms with E-state index in [9.17, 15) is 9.18 Å². The first-order valence-corrected chi connectivity index (χ1v) is 6.46. The molecule has 1 saturated heterocycles. The number of benzene rings is 1. The van der Waals surface area contributed by atoms with E-state index >= 15 is 0 Å². The van der Waals surface area contributed by atoms with E-state index in [1.165, 1.54) is 18.6 Å². The minimum Gasteiger partial charge on any atom is -0.376 e. The highest BCUT2D eigenvalue weighted by Crippen LogP contribution is 2.16. The Morgan fingerprint density at radius 1 is 1.50 bits per heavy atom. The number of likely N-dealkylation sites (tertiary alicyclic amines) is 1. The summed E-state index contributed by atoms with van der Waals surface area (Å²) in [5, 5.41) is 2.97. The zero-order valence-electron chi connectivity index (χ0n) is 10.7. The molecule has 4 heteroatoms. The lowest BCUT2D eigenvalue weighted by Crippen LogP contribution is -2.44.